The summed E-state index contributed by atoms with van der Waals surface area (Å²) in [6.45, 7) is 4.65. The van der Waals surface area contributed by atoms with Crippen molar-refractivity contribution in [3.63, 3.8) is 0 Å². The van der Waals surface area contributed by atoms with Crippen LogP contribution in [0.1, 0.15) is 31.4 Å². The Kier molecular flexibility index (Phi) is 10.3. The summed E-state index contributed by atoms with van der Waals surface area (Å²) < 4.78 is 0. The zero-order chi connectivity index (χ0) is 22.1. The summed E-state index contributed by atoms with van der Waals surface area (Å²) in [6, 6.07) is 12.0. The summed E-state index contributed by atoms with van der Waals surface area (Å²) in [7, 11) is 0. The third-order valence-electron chi connectivity index (χ3n) is 4.48. The van der Waals surface area contributed by atoms with Gasteiger partial charge in [-0.25, -0.2) is 0 Å². The lowest BCUT2D eigenvalue weighted by Crippen LogP contribution is -2.48. The minimum absolute atomic E-state index is 0.112. The van der Waals surface area contributed by atoms with E-state index in [1.165, 1.54) is 11.8 Å². The number of rotatable bonds is 10. The van der Waals surface area contributed by atoms with Crippen molar-refractivity contribution in [3.8, 4) is 0 Å². The van der Waals surface area contributed by atoms with Gasteiger partial charge in [0.05, 0.1) is 5.75 Å². The molecule has 0 aliphatic rings. The first kappa shape index (κ1) is 24.9. The summed E-state index contributed by atoms with van der Waals surface area (Å²) >= 11 is 19.6. The topological polar surface area (TPSA) is 49.4 Å². The van der Waals surface area contributed by atoms with E-state index in [2.05, 4.69) is 5.32 Å². The Morgan fingerprint density at radius 1 is 1.07 bits per heavy atom. The van der Waals surface area contributed by atoms with E-state index in [0.717, 1.165) is 17.5 Å². The molecular weight excluding hydrogens is 463 g/mol. The zero-order valence-corrected chi connectivity index (χ0v) is 20.0. The van der Waals surface area contributed by atoms with E-state index in [0.29, 0.717) is 33.9 Å². The van der Waals surface area contributed by atoms with Crippen LogP contribution in [-0.4, -0.2) is 35.1 Å². The molecule has 0 fully saturated rings. The van der Waals surface area contributed by atoms with Crippen molar-refractivity contribution < 1.29 is 9.59 Å². The van der Waals surface area contributed by atoms with Crippen molar-refractivity contribution in [1.82, 2.24) is 10.2 Å². The molecule has 2 amide bonds. The number of carbonyl (C=O) groups excluding carboxylic acids is 2. The predicted octanol–water partition coefficient (Wildman–Crippen LogP) is 5.82. The molecule has 1 atom stereocenters. The fourth-order valence-corrected chi connectivity index (χ4v) is 4.33. The van der Waals surface area contributed by atoms with Crippen molar-refractivity contribution in [2.24, 2.45) is 0 Å². The van der Waals surface area contributed by atoms with Gasteiger partial charge in [-0.1, -0.05) is 59.9 Å². The number of hydrogen-bond donors (Lipinski definition) is 1. The standard InChI is InChI=1S/C22H25Cl3N2O2S/c1-3-10-26-22(29)15(2)27(12-16-4-7-18(23)8-5-16)21(28)14-30-13-17-6-9-19(24)11-20(17)25/h4-9,11,15H,3,10,12-14H2,1-2H3,(H,26,29)/t15-/m0/s1. The quantitative estimate of drug-likeness (QED) is 0.459. The van der Waals surface area contributed by atoms with Crippen LogP contribution < -0.4 is 5.32 Å². The number of halogens is 3. The Morgan fingerprint density at radius 2 is 1.73 bits per heavy atom. The van der Waals surface area contributed by atoms with Crippen LogP contribution in [0, 0.1) is 0 Å². The molecule has 30 heavy (non-hydrogen) atoms. The van der Waals surface area contributed by atoms with Crippen molar-refractivity contribution in [2.75, 3.05) is 12.3 Å². The van der Waals surface area contributed by atoms with E-state index in [1.807, 2.05) is 25.1 Å². The fraction of sp³-hybridized carbons (Fsp3) is 0.364. The van der Waals surface area contributed by atoms with Crippen molar-refractivity contribution >= 4 is 58.4 Å². The van der Waals surface area contributed by atoms with Crippen LogP contribution in [0.2, 0.25) is 15.1 Å². The van der Waals surface area contributed by atoms with Crippen LogP contribution in [0.5, 0.6) is 0 Å². The van der Waals surface area contributed by atoms with Gasteiger partial charge in [0.1, 0.15) is 6.04 Å². The lowest BCUT2D eigenvalue weighted by Gasteiger charge is -2.28. The minimum Gasteiger partial charge on any atom is -0.354 e. The summed E-state index contributed by atoms with van der Waals surface area (Å²) in [4.78, 5) is 27.1. The average molecular weight is 488 g/mol. The Hall–Kier alpha value is -1.40. The molecule has 2 aromatic rings. The first-order chi connectivity index (χ1) is 14.3. The van der Waals surface area contributed by atoms with E-state index in [4.69, 9.17) is 34.8 Å². The van der Waals surface area contributed by atoms with Gasteiger partial charge >= 0.3 is 0 Å². The molecule has 4 nitrogen and oxygen atoms in total. The predicted molar refractivity (Wildman–Crippen MR) is 127 cm³/mol. The second-order valence-corrected chi connectivity index (χ2v) is 9.11. The first-order valence-corrected chi connectivity index (χ1v) is 11.9. The SMILES string of the molecule is CCCNC(=O)[C@H](C)N(Cc1ccc(Cl)cc1)C(=O)CSCc1ccc(Cl)cc1Cl. The molecule has 2 rings (SSSR count). The molecule has 0 spiro atoms. The van der Waals surface area contributed by atoms with E-state index in [-0.39, 0.29) is 17.6 Å². The number of hydrogen-bond acceptors (Lipinski definition) is 3. The van der Waals surface area contributed by atoms with Crippen LogP contribution >= 0.6 is 46.6 Å². The van der Waals surface area contributed by atoms with Crippen LogP contribution in [0.25, 0.3) is 0 Å². The van der Waals surface area contributed by atoms with Gasteiger partial charge < -0.3 is 10.2 Å². The van der Waals surface area contributed by atoms with E-state index >= 15 is 0 Å². The van der Waals surface area contributed by atoms with Crippen molar-refractivity contribution in [2.45, 2.75) is 38.6 Å². The second-order valence-electron chi connectivity index (χ2n) is 6.84. The van der Waals surface area contributed by atoms with Gasteiger partial charge in [-0.2, -0.15) is 0 Å². The maximum Gasteiger partial charge on any atom is 0.242 e. The zero-order valence-electron chi connectivity index (χ0n) is 17.0. The van der Waals surface area contributed by atoms with Gasteiger partial charge in [0.15, 0.2) is 0 Å². The molecule has 0 saturated heterocycles. The molecular formula is C22H25Cl3N2O2S. The lowest BCUT2D eigenvalue weighted by molar-refractivity contribution is -0.138. The van der Waals surface area contributed by atoms with Gasteiger partial charge in [0, 0.05) is 33.9 Å². The van der Waals surface area contributed by atoms with Crippen LogP contribution in [0.15, 0.2) is 42.5 Å². The molecule has 1 N–H and O–H groups in total. The Bertz CT molecular complexity index is 862. The molecule has 8 heteroatoms. The molecule has 0 heterocycles. The highest BCUT2D eigenvalue weighted by Gasteiger charge is 2.25. The molecule has 162 valence electrons. The van der Waals surface area contributed by atoms with Gasteiger partial charge in [0.2, 0.25) is 11.8 Å². The normalized spacial score (nSPS) is 11.8. The molecule has 0 aliphatic heterocycles. The van der Waals surface area contributed by atoms with Crippen molar-refractivity contribution in [3.05, 3.63) is 68.7 Å². The number of nitrogens with one attached hydrogen (secondary N) is 1. The highest BCUT2D eigenvalue weighted by molar-refractivity contribution is 7.99. The number of nitrogens with zero attached hydrogens (tertiary/aromatic N) is 1. The Labute approximate surface area is 197 Å². The van der Waals surface area contributed by atoms with Gasteiger partial charge in [-0.3, -0.25) is 9.59 Å². The third kappa shape index (κ3) is 7.69. The molecule has 0 radical (unpaired) electrons. The highest BCUT2D eigenvalue weighted by Crippen LogP contribution is 2.25. The van der Waals surface area contributed by atoms with Gasteiger partial charge in [-0.15, -0.1) is 11.8 Å². The number of thioether (sulfide) groups is 1. The molecule has 0 bridgehead atoms. The molecule has 0 saturated carbocycles. The van der Waals surface area contributed by atoms with Crippen molar-refractivity contribution in [1.29, 1.82) is 0 Å². The molecule has 2 aromatic carbocycles. The fourth-order valence-electron chi connectivity index (χ4n) is 2.73. The average Bonchev–Trinajstić information content (AvgIpc) is 2.72. The Balaban J connectivity index is 2.06. The van der Waals surface area contributed by atoms with Crippen LogP contribution in [-0.2, 0) is 21.9 Å². The van der Waals surface area contributed by atoms with Crippen LogP contribution in [0.4, 0.5) is 0 Å². The third-order valence-corrected chi connectivity index (χ3v) is 6.29. The van der Waals surface area contributed by atoms with Gasteiger partial charge in [0.25, 0.3) is 0 Å². The largest absolute Gasteiger partial charge is 0.354 e. The maximum absolute atomic E-state index is 13.0. The monoisotopic (exact) mass is 486 g/mol. The number of carbonyl (C=O) groups is 2. The minimum atomic E-state index is -0.584. The van der Waals surface area contributed by atoms with E-state index < -0.39 is 6.04 Å². The molecule has 0 aromatic heterocycles. The lowest BCUT2D eigenvalue weighted by atomic mass is 10.1. The first-order valence-electron chi connectivity index (χ1n) is 9.65. The van der Waals surface area contributed by atoms with Gasteiger partial charge in [-0.05, 0) is 48.7 Å². The molecule has 0 unspecified atom stereocenters. The summed E-state index contributed by atoms with van der Waals surface area (Å²) in [5, 5.41) is 4.64. The smallest absolute Gasteiger partial charge is 0.242 e. The van der Waals surface area contributed by atoms with E-state index in [1.54, 1.807) is 36.1 Å². The maximum atomic E-state index is 13.0. The number of benzene rings is 2. The highest BCUT2D eigenvalue weighted by atomic mass is 35.5. The van der Waals surface area contributed by atoms with Crippen LogP contribution in [0.3, 0.4) is 0 Å². The van der Waals surface area contributed by atoms with E-state index in [9.17, 15) is 9.59 Å². The summed E-state index contributed by atoms with van der Waals surface area (Å²) in [5.74, 6) is 0.536. The second kappa shape index (κ2) is 12.5. The Morgan fingerprint density at radius 3 is 2.37 bits per heavy atom. The summed E-state index contributed by atoms with van der Waals surface area (Å²) in [5.41, 5.74) is 1.82. The summed E-state index contributed by atoms with van der Waals surface area (Å²) in [6.07, 6.45) is 0.835. The molecule has 0 aliphatic carbocycles. The number of amides is 2.